The molecule has 162 valence electrons. The zero-order chi connectivity index (χ0) is 20.5. The number of hydrogen-bond acceptors (Lipinski definition) is 3. The standard InChI is InChI=1S/C26H42N2O/c1-2-4-20-6-10-22(11-7-20)14-15-23-12-8-21(9-13-23)5-3-16-29-26-18-24(27)17-25(28)19-26/h14-15,17-23H,2-13,16,27-28H2,1H3. The molecule has 0 bridgehead atoms. The summed E-state index contributed by atoms with van der Waals surface area (Å²) in [5, 5.41) is 0. The minimum atomic E-state index is 0.667. The lowest BCUT2D eigenvalue weighted by molar-refractivity contribution is 0.253. The van der Waals surface area contributed by atoms with Crippen LogP contribution in [0.3, 0.4) is 0 Å². The lowest BCUT2D eigenvalue weighted by Gasteiger charge is -2.29. The van der Waals surface area contributed by atoms with Crippen LogP contribution in [0.2, 0.25) is 0 Å². The summed E-state index contributed by atoms with van der Waals surface area (Å²) in [5.74, 6) is 4.37. The van der Waals surface area contributed by atoms with Crippen molar-refractivity contribution in [3.8, 4) is 5.75 Å². The number of ether oxygens (including phenoxy) is 1. The first kappa shape index (κ1) is 22.1. The van der Waals surface area contributed by atoms with Crippen LogP contribution in [0.25, 0.3) is 0 Å². The quantitative estimate of drug-likeness (QED) is 0.268. The maximum atomic E-state index is 5.84. The molecule has 2 aliphatic rings. The highest BCUT2D eigenvalue weighted by Gasteiger charge is 2.21. The molecule has 0 heterocycles. The van der Waals surface area contributed by atoms with E-state index in [-0.39, 0.29) is 0 Å². The molecule has 3 nitrogen and oxygen atoms in total. The summed E-state index contributed by atoms with van der Waals surface area (Å²) in [6.45, 7) is 3.08. The van der Waals surface area contributed by atoms with E-state index >= 15 is 0 Å². The SMILES string of the molecule is CCCC1CCC(C=CC2CCC(CCCOc3cc(N)cc(N)c3)CC2)CC1. The lowest BCUT2D eigenvalue weighted by atomic mass is 9.77. The van der Waals surface area contributed by atoms with Gasteiger partial charge in [0.25, 0.3) is 0 Å². The van der Waals surface area contributed by atoms with Crippen molar-refractivity contribution in [2.45, 2.75) is 84.0 Å². The lowest BCUT2D eigenvalue weighted by Crippen LogP contribution is -2.15. The van der Waals surface area contributed by atoms with Crippen molar-refractivity contribution >= 4 is 11.4 Å². The average Bonchev–Trinajstić information content (AvgIpc) is 2.71. The molecule has 0 aliphatic heterocycles. The predicted molar refractivity (Wildman–Crippen MR) is 125 cm³/mol. The Bertz CT molecular complexity index is 605. The van der Waals surface area contributed by atoms with E-state index in [0.29, 0.717) is 11.4 Å². The van der Waals surface area contributed by atoms with Crippen LogP contribution >= 0.6 is 0 Å². The summed E-state index contributed by atoms with van der Waals surface area (Å²) >= 11 is 0. The fourth-order valence-corrected chi connectivity index (χ4v) is 5.35. The van der Waals surface area contributed by atoms with Gasteiger partial charge in [-0.15, -0.1) is 0 Å². The van der Waals surface area contributed by atoms with Crippen LogP contribution < -0.4 is 16.2 Å². The van der Waals surface area contributed by atoms with E-state index in [1.807, 2.05) is 12.1 Å². The fourth-order valence-electron chi connectivity index (χ4n) is 5.35. The van der Waals surface area contributed by atoms with Crippen LogP contribution in [-0.2, 0) is 0 Å². The highest BCUT2D eigenvalue weighted by atomic mass is 16.5. The van der Waals surface area contributed by atoms with E-state index in [4.69, 9.17) is 16.2 Å². The maximum Gasteiger partial charge on any atom is 0.123 e. The highest BCUT2D eigenvalue weighted by molar-refractivity contribution is 5.56. The molecule has 0 radical (unpaired) electrons. The van der Waals surface area contributed by atoms with Crippen LogP contribution in [0.5, 0.6) is 5.75 Å². The molecule has 0 spiro atoms. The van der Waals surface area contributed by atoms with E-state index in [1.165, 1.54) is 70.6 Å². The monoisotopic (exact) mass is 398 g/mol. The number of nitrogens with two attached hydrogens (primary N) is 2. The zero-order valence-corrected chi connectivity index (χ0v) is 18.5. The summed E-state index contributed by atoms with van der Waals surface area (Å²) in [7, 11) is 0. The van der Waals surface area contributed by atoms with Gasteiger partial charge in [-0.25, -0.2) is 0 Å². The van der Waals surface area contributed by atoms with Gasteiger partial charge in [0, 0.05) is 23.5 Å². The van der Waals surface area contributed by atoms with Gasteiger partial charge in [-0.3, -0.25) is 0 Å². The number of allylic oxidation sites excluding steroid dienone is 2. The summed E-state index contributed by atoms with van der Waals surface area (Å²) in [6, 6.07) is 5.46. The predicted octanol–water partition coefficient (Wildman–Crippen LogP) is 6.98. The van der Waals surface area contributed by atoms with E-state index in [9.17, 15) is 0 Å². The van der Waals surface area contributed by atoms with Crippen molar-refractivity contribution in [1.29, 1.82) is 0 Å². The van der Waals surface area contributed by atoms with E-state index in [2.05, 4.69) is 19.1 Å². The second kappa shape index (κ2) is 11.5. The molecule has 2 fully saturated rings. The number of nitrogen functional groups attached to an aromatic ring is 2. The van der Waals surface area contributed by atoms with Crippen LogP contribution in [-0.4, -0.2) is 6.61 Å². The van der Waals surface area contributed by atoms with Crippen molar-refractivity contribution in [1.82, 2.24) is 0 Å². The van der Waals surface area contributed by atoms with Crippen LogP contribution in [0.4, 0.5) is 11.4 Å². The van der Waals surface area contributed by atoms with E-state index in [0.717, 1.165) is 42.4 Å². The Balaban J connectivity index is 1.27. The summed E-state index contributed by atoms with van der Waals surface area (Å²) in [5.41, 5.74) is 13.0. The molecule has 0 aromatic heterocycles. The van der Waals surface area contributed by atoms with Crippen molar-refractivity contribution in [2.24, 2.45) is 23.7 Å². The molecule has 2 saturated carbocycles. The second-order valence-electron chi connectivity index (χ2n) is 9.56. The number of benzene rings is 1. The normalized spacial score (nSPS) is 27.9. The third-order valence-electron chi connectivity index (χ3n) is 7.11. The summed E-state index contributed by atoms with van der Waals surface area (Å²) in [6.07, 6.45) is 21.6. The first-order valence-electron chi connectivity index (χ1n) is 12.1. The molecule has 2 aliphatic carbocycles. The Morgan fingerprint density at radius 2 is 1.31 bits per heavy atom. The van der Waals surface area contributed by atoms with Crippen LogP contribution in [0, 0.1) is 23.7 Å². The summed E-state index contributed by atoms with van der Waals surface area (Å²) in [4.78, 5) is 0. The van der Waals surface area contributed by atoms with Gasteiger partial charge >= 0.3 is 0 Å². The number of rotatable bonds is 9. The van der Waals surface area contributed by atoms with E-state index < -0.39 is 0 Å². The van der Waals surface area contributed by atoms with Gasteiger partial charge in [-0.1, -0.05) is 31.9 Å². The Kier molecular flexibility index (Phi) is 8.76. The van der Waals surface area contributed by atoms with E-state index in [1.54, 1.807) is 6.07 Å². The highest BCUT2D eigenvalue weighted by Crippen LogP contribution is 2.35. The van der Waals surface area contributed by atoms with Gasteiger partial charge in [0.05, 0.1) is 6.61 Å². The van der Waals surface area contributed by atoms with Gasteiger partial charge in [0.15, 0.2) is 0 Å². The Labute approximate surface area is 178 Å². The zero-order valence-electron chi connectivity index (χ0n) is 18.5. The molecule has 3 heteroatoms. The molecule has 29 heavy (non-hydrogen) atoms. The third-order valence-corrected chi connectivity index (χ3v) is 7.11. The molecule has 3 rings (SSSR count). The molecular weight excluding hydrogens is 356 g/mol. The minimum absolute atomic E-state index is 0.667. The van der Waals surface area contributed by atoms with Gasteiger partial charge in [0.2, 0.25) is 0 Å². The maximum absolute atomic E-state index is 5.84. The van der Waals surface area contributed by atoms with Crippen molar-refractivity contribution in [2.75, 3.05) is 18.1 Å². The molecule has 1 aromatic rings. The van der Waals surface area contributed by atoms with Crippen LogP contribution in [0.1, 0.15) is 84.0 Å². The smallest absolute Gasteiger partial charge is 0.123 e. The Morgan fingerprint density at radius 1 is 0.793 bits per heavy atom. The van der Waals surface area contributed by atoms with Gasteiger partial charge in [-0.05, 0) is 93.9 Å². The van der Waals surface area contributed by atoms with Gasteiger partial charge in [-0.2, -0.15) is 0 Å². The van der Waals surface area contributed by atoms with Crippen molar-refractivity contribution < 1.29 is 4.74 Å². The van der Waals surface area contributed by atoms with Crippen molar-refractivity contribution in [3.63, 3.8) is 0 Å². The molecule has 0 saturated heterocycles. The van der Waals surface area contributed by atoms with Gasteiger partial charge < -0.3 is 16.2 Å². The second-order valence-corrected chi connectivity index (χ2v) is 9.56. The number of hydrogen-bond donors (Lipinski definition) is 2. The Morgan fingerprint density at radius 3 is 1.83 bits per heavy atom. The summed E-state index contributed by atoms with van der Waals surface area (Å²) < 4.78 is 5.84. The fraction of sp³-hybridized carbons (Fsp3) is 0.692. The van der Waals surface area contributed by atoms with Crippen LogP contribution in [0.15, 0.2) is 30.4 Å². The molecule has 0 unspecified atom stereocenters. The molecule has 1 aromatic carbocycles. The molecule has 0 atom stereocenters. The van der Waals surface area contributed by atoms with Crippen molar-refractivity contribution in [3.05, 3.63) is 30.4 Å². The third kappa shape index (κ3) is 7.60. The van der Waals surface area contributed by atoms with Gasteiger partial charge in [0.1, 0.15) is 5.75 Å². The first-order valence-corrected chi connectivity index (χ1v) is 12.1. The average molecular weight is 399 g/mol. The minimum Gasteiger partial charge on any atom is -0.493 e. The Hall–Kier alpha value is -1.64. The topological polar surface area (TPSA) is 61.3 Å². The first-order chi connectivity index (χ1) is 14.1. The largest absolute Gasteiger partial charge is 0.493 e. The molecular formula is C26H42N2O. The number of anilines is 2. The molecule has 0 amide bonds. The molecule has 4 N–H and O–H groups in total.